The molecule has 2 heterocycles. The molecule has 3 rings (SSSR count). The molecule has 6 nitrogen and oxygen atoms in total. The lowest BCUT2D eigenvalue weighted by molar-refractivity contribution is 0.0691. The van der Waals surface area contributed by atoms with Crippen molar-refractivity contribution in [2.24, 2.45) is 0 Å². The van der Waals surface area contributed by atoms with Gasteiger partial charge in [0.2, 0.25) is 0 Å². The Balaban J connectivity index is 2.08. The van der Waals surface area contributed by atoms with E-state index in [1.165, 1.54) is 12.5 Å². The van der Waals surface area contributed by atoms with Crippen molar-refractivity contribution in [1.29, 1.82) is 0 Å². The molecule has 0 unspecified atom stereocenters. The van der Waals surface area contributed by atoms with Crippen LogP contribution in [0.15, 0.2) is 42.9 Å². The predicted octanol–water partition coefficient (Wildman–Crippen LogP) is 2.99. The number of benzene rings is 1. The van der Waals surface area contributed by atoms with Crippen LogP contribution in [0.1, 0.15) is 16.2 Å². The summed E-state index contributed by atoms with van der Waals surface area (Å²) < 4.78 is 1.55. The number of carboxylic acids is 1. The van der Waals surface area contributed by atoms with Crippen molar-refractivity contribution >= 4 is 17.6 Å². The Labute approximate surface area is 131 Å². The van der Waals surface area contributed by atoms with Crippen LogP contribution in [-0.2, 0) is 0 Å². The molecule has 0 saturated heterocycles. The first-order valence-electron chi connectivity index (χ1n) is 6.42. The fraction of sp³-hybridized carbons (Fsp3) is 0.0667. The molecule has 0 spiro atoms. The standard InChI is InChI=1S/C15H11ClN4O2/c1-9-5-13(20-7-12(15(21)22)17-8-20)19-14(18-9)10-3-2-4-11(16)6-10/h2-8H,1H3,(H,21,22). The van der Waals surface area contributed by atoms with Crippen LogP contribution in [0.25, 0.3) is 17.2 Å². The lowest BCUT2D eigenvalue weighted by Gasteiger charge is -2.06. The molecular formula is C15H11ClN4O2. The highest BCUT2D eigenvalue weighted by Gasteiger charge is 2.11. The highest BCUT2D eigenvalue weighted by molar-refractivity contribution is 6.30. The third-order valence-corrected chi connectivity index (χ3v) is 3.22. The van der Waals surface area contributed by atoms with Crippen molar-refractivity contribution in [3.8, 4) is 17.2 Å². The maximum Gasteiger partial charge on any atom is 0.356 e. The molecule has 0 radical (unpaired) electrons. The SMILES string of the molecule is Cc1cc(-n2cnc(C(=O)O)c2)nc(-c2cccc(Cl)c2)n1. The van der Waals surface area contributed by atoms with E-state index in [0.717, 1.165) is 11.3 Å². The largest absolute Gasteiger partial charge is 0.476 e. The molecule has 22 heavy (non-hydrogen) atoms. The third kappa shape index (κ3) is 2.82. The summed E-state index contributed by atoms with van der Waals surface area (Å²) in [4.78, 5) is 23.6. The van der Waals surface area contributed by atoms with Gasteiger partial charge in [0.1, 0.15) is 12.1 Å². The number of hydrogen-bond acceptors (Lipinski definition) is 4. The molecule has 0 saturated carbocycles. The average molecular weight is 315 g/mol. The molecule has 0 amide bonds. The van der Waals surface area contributed by atoms with Gasteiger partial charge in [0.05, 0.1) is 0 Å². The average Bonchev–Trinajstić information content (AvgIpc) is 2.97. The lowest BCUT2D eigenvalue weighted by atomic mass is 10.2. The van der Waals surface area contributed by atoms with E-state index in [1.54, 1.807) is 22.8 Å². The molecule has 1 N–H and O–H groups in total. The summed E-state index contributed by atoms with van der Waals surface area (Å²) >= 11 is 5.99. The van der Waals surface area contributed by atoms with Crippen LogP contribution in [-0.4, -0.2) is 30.6 Å². The summed E-state index contributed by atoms with van der Waals surface area (Å²) in [6, 6.07) is 8.98. The van der Waals surface area contributed by atoms with Crippen LogP contribution in [0.2, 0.25) is 5.02 Å². The van der Waals surface area contributed by atoms with E-state index in [2.05, 4.69) is 15.0 Å². The summed E-state index contributed by atoms with van der Waals surface area (Å²) in [5.41, 5.74) is 1.50. The first-order chi connectivity index (χ1) is 10.5. The molecule has 3 aromatic rings. The van der Waals surface area contributed by atoms with Gasteiger partial charge in [-0.25, -0.2) is 19.7 Å². The van der Waals surface area contributed by atoms with Crippen LogP contribution >= 0.6 is 11.6 Å². The maximum atomic E-state index is 10.9. The van der Waals surface area contributed by atoms with Crippen LogP contribution in [0.4, 0.5) is 0 Å². The van der Waals surface area contributed by atoms with Crippen molar-refractivity contribution in [3.05, 3.63) is 59.3 Å². The van der Waals surface area contributed by atoms with Crippen molar-refractivity contribution in [3.63, 3.8) is 0 Å². The summed E-state index contributed by atoms with van der Waals surface area (Å²) in [5, 5.41) is 9.54. The van der Waals surface area contributed by atoms with Gasteiger partial charge in [-0.1, -0.05) is 23.7 Å². The maximum absolute atomic E-state index is 10.9. The van der Waals surface area contributed by atoms with Crippen LogP contribution in [0.3, 0.4) is 0 Å². The molecule has 0 aliphatic rings. The number of aromatic nitrogens is 4. The van der Waals surface area contributed by atoms with Gasteiger partial charge in [-0.2, -0.15) is 0 Å². The second-order valence-electron chi connectivity index (χ2n) is 4.67. The molecular weight excluding hydrogens is 304 g/mol. The zero-order valence-corrected chi connectivity index (χ0v) is 12.3. The number of rotatable bonds is 3. The van der Waals surface area contributed by atoms with Crippen molar-refractivity contribution in [2.45, 2.75) is 6.92 Å². The minimum Gasteiger partial charge on any atom is -0.476 e. The van der Waals surface area contributed by atoms with Crippen molar-refractivity contribution in [1.82, 2.24) is 19.5 Å². The van der Waals surface area contributed by atoms with Crippen molar-refractivity contribution in [2.75, 3.05) is 0 Å². The van der Waals surface area contributed by atoms with E-state index in [9.17, 15) is 4.79 Å². The molecule has 0 aliphatic carbocycles. The molecule has 2 aromatic heterocycles. The van der Waals surface area contributed by atoms with Crippen molar-refractivity contribution < 1.29 is 9.90 Å². The van der Waals surface area contributed by atoms with E-state index in [0.29, 0.717) is 16.7 Å². The Hall–Kier alpha value is -2.73. The number of aryl methyl sites for hydroxylation is 1. The molecule has 0 bridgehead atoms. The number of halogens is 1. The smallest absolute Gasteiger partial charge is 0.356 e. The lowest BCUT2D eigenvalue weighted by Crippen LogP contribution is -2.01. The Kier molecular flexibility index (Phi) is 3.60. The van der Waals surface area contributed by atoms with E-state index in [4.69, 9.17) is 16.7 Å². The minimum atomic E-state index is -1.08. The molecule has 7 heteroatoms. The number of hydrogen-bond donors (Lipinski definition) is 1. The molecule has 0 atom stereocenters. The van der Waals surface area contributed by atoms with Crippen LogP contribution < -0.4 is 0 Å². The van der Waals surface area contributed by atoms with Gasteiger partial charge in [0, 0.05) is 28.5 Å². The quantitative estimate of drug-likeness (QED) is 0.803. The monoisotopic (exact) mass is 314 g/mol. The van der Waals surface area contributed by atoms with Crippen LogP contribution in [0.5, 0.6) is 0 Å². The Morgan fingerprint density at radius 2 is 2.09 bits per heavy atom. The second kappa shape index (κ2) is 5.57. The highest BCUT2D eigenvalue weighted by atomic mass is 35.5. The first kappa shape index (κ1) is 14.2. The van der Waals surface area contributed by atoms with E-state index >= 15 is 0 Å². The van der Waals surface area contributed by atoms with E-state index in [1.807, 2.05) is 19.1 Å². The fourth-order valence-electron chi connectivity index (χ4n) is 2.00. The third-order valence-electron chi connectivity index (χ3n) is 2.99. The normalized spacial score (nSPS) is 10.6. The van der Waals surface area contributed by atoms with Gasteiger partial charge in [-0.15, -0.1) is 0 Å². The fourth-order valence-corrected chi connectivity index (χ4v) is 2.19. The van der Waals surface area contributed by atoms with Gasteiger partial charge in [0.15, 0.2) is 11.5 Å². The van der Waals surface area contributed by atoms with Gasteiger partial charge >= 0.3 is 5.97 Å². The van der Waals surface area contributed by atoms with Gasteiger partial charge < -0.3 is 5.11 Å². The summed E-state index contributed by atoms with van der Waals surface area (Å²) in [6.07, 6.45) is 2.82. The predicted molar refractivity (Wildman–Crippen MR) is 81.3 cm³/mol. The minimum absolute atomic E-state index is 0.0411. The number of imidazole rings is 1. The van der Waals surface area contributed by atoms with Gasteiger partial charge in [-0.05, 0) is 19.1 Å². The number of aromatic carboxylic acids is 1. The molecule has 0 aliphatic heterocycles. The zero-order valence-electron chi connectivity index (χ0n) is 11.6. The van der Waals surface area contributed by atoms with Crippen LogP contribution in [0, 0.1) is 6.92 Å². The Bertz CT molecular complexity index is 860. The summed E-state index contributed by atoms with van der Waals surface area (Å²) in [6.45, 7) is 1.84. The van der Waals surface area contributed by atoms with Gasteiger partial charge in [0.25, 0.3) is 0 Å². The zero-order chi connectivity index (χ0) is 15.7. The second-order valence-corrected chi connectivity index (χ2v) is 5.11. The Morgan fingerprint density at radius 1 is 1.27 bits per heavy atom. The Morgan fingerprint density at radius 3 is 2.77 bits per heavy atom. The van der Waals surface area contributed by atoms with E-state index in [-0.39, 0.29) is 5.69 Å². The number of carboxylic acid groups (broad SMARTS) is 1. The van der Waals surface area contributed by atoms with Gasteiger partial charge in [-0.3, -0.25) is 4.57 Å². The topological polar surface area (TPSA) is 80.9 Å². The highest BCUT2D eigenvalue weighted by Crippen LogP contribution is 2.21. The molecule has 1 aromatic carbocycles. The first-order valence-corrected chi connectivity index (χ1v) is 6.80. The molecule has 0 fully saturated rings. The number of carbonyl (C=O) groups is 1. The molecule has 110 valence electrons. The summed E-state index contributed by atoms with van der Waals surface area (Å²) in [7, 11) is 0. The number of nitrogens with zero attached hydrogens (tertiary/aromatic N) is 4. The van der Waals surface area contributed by atoms with E-state index < -0.39 is 5.97 Å². The summed E-state index contributed by atoms with van der Waals surface area (Å²) in [5.74, 6) is -0.0230.